The number of hydrogen-bond acceptors (Lipinski definition) is 6. The van der Waals surface area contributed by atoms with Crippen LogP contribution in [0.25, 0.3) is 0 Å². The van der Waals surface area contributed by atoms with Gasteiger partial charge in [0.15, 0.2) is 0 Å². The lowest BCUT2D eigenvalue weighted by Crippen LogP contribution is -2.24. The molecular formula is C20H21N5O2. The van der Waals surface area contributed by atoms with Crippen molar-refractivity contribution in [2.75, 3.05) is 19.0 Å². The Hall–Kier alpha value is -3.48. The lowest BCUT2D eigenvalue weighted by molar-refractivity contribution is 0.0946. The molecule has 0 atom stereocenters. The van der Waals surface area contributed by atoms with Crippen LogP contribution in [0.3, 0.4) is 0 Å². The van der Waals surface area contributed by atoms with Crippen LogP contribution >= 0.6 is 0 Å². The van der Waals surface area contributed by atoms with Gasteiger partial charge >= 0.3 is 0 Å². The van der Waals surface area contributed by atoms with Gasteiger partial charge in [0.05, 0.1) is 7.11 Å². The van der Waals surface area contributed by atoms with Gasteiger partial charge in [-0.1, -0.05) is 12.1 Å². The molecular weight excluding hydrogens is 342 g/mol. The molecule has 0 bridgehead atoms. The van der Waals surface area contributed by atoms with Gasteiger partial charge in [-0.05, 0) is 47.9 Å². The molecule has 0 radical (unpaired) electrons. The van der Waals surface area contributed by atoms with Crippen molar-refractivity contribution in [1.29, 1.82) is 0 Å². The number of aromatic nitrogens is 3. The van der Waals surface area contributed by atoms with Crippen molar-refractivity contribution in [2.45, 2.75) is 13.0 Å². The molecule has 2 N–H and O–H groups in total. The van der Waals surface area contributed by atoms with Crippen LogP contribution in [0, 0.1) is 0 Å². The van der Waals surface area contributed by atoms with Crippen LogP contribution in [-0.2, 0) is 13.0 Å². The van der Waals surface area contributed by atoms with E-state index in [4.69, 9.17) is 4.74 Å². The number of rotatable bonds is 8. The Balaban J connectivity index is 1.51. The van der Waals surface area contributed by atoms with Crippen molar-refractivity contribution in [2.24, 2.45) is 0 Å². The zero-order valence-electron chi connectivity index (χ0n) is 15.1. The summed E-state index contributed by atoms with van der Waals surface area (Å²) in [5, 5.41) is 5.99. The predicted octanol–water partition coefficient (Wildman–Crippen LogP) is 2.46. The van der Waals surface area contributed by atoms with Crippen molar-refractivity contribution in [3.8, 4) is 5.75 Å². The summed E-state index contributed by atoms with van der Waals surface area (Å²) in [6, 6.07) is 13.2. The van der Waals surface area contributed by atoms with E-state index in [2.05, 4.69) is 25.6 Å². The highest BCUT2D eigenvalue weighted by molar-refractivity contribution is 5.92. The standard InChI is InChI=1S/C20H21N5O2/c1-27-17-4-2-15(3-5-17)8-12-22-20-23-13-9-18(25-20)19(26)24-14-16-6-10-21-11-7-16/h2-7,9-11,13H,8,12,14H2,1H3,(H,24,26)(H,22,23,25). The minimum absolute atomic E-state index is 0.243. The molecule has 138 valence electrons. The first-order chi connectivity index (χ1) is 13.2. The molecule has 7 heteroatoms. The van der Waals surface area contributed by atoms with Crippen molar-refractivity contribution < 1.29 is 9.53 Å². The first kappa shape index (κ1) is 18.3. The van der Waals surface area contributed by atoms with Crippen molar-refractivity contribution in [3.05, 3.63) is 77.9 Å². The number of pyridine rings is 1. The van der Waals surface area contributed by atoms with Crippen LogP contribution in [-0.4, -0.2) is 34.5 Å². The summed E-state index contributed by atoms with van der Waals surface area (Å²) < 4.78 is 5.15. The zero-order chi connectivity index (χ0) is 18.9. The molecule has 1 amide bonds. The number of benzene rings is 1. The number of ether oxygens (including phenoxy) is 1. The molecule has 0 saturated carbocycles. The fraction of sp³-hybridized carbons (Fsp3) is 0.200. The highest BCUT2D eigenvalue weighted by Gasteiger charge is 2.08. The second-order valence-corrected chi connectivity index (χ2v) is 5.83. The van der Waals surface area contributed by atoms with Crippen LogP contribution in [0.1, 0.15) is 21.6 Å². The number of carbonyl (C=O) groups excluding carboxylic acids is 1. The van der Waals surface area contributed by atoms with Crippen LogP contribution in [0.4, 0.5) is 5.95 Å². The van der Waals surface area contributed by atoms with Gasteiger partial charge in [0.2, 0.25) is 5.95 Å². The van der Waals surface area contributed by atoms with E-state index in [0.717, 1.165) is 17.7 Å². The largest absolute Gasteiger partial charge is 0.497 e. The predicted molar refractivity (Wildman–Crippen MR) is 103 cm³/mol. The third-order valence-corrected chi connectivity index (χ3v) is 3.95. The highest BCUT2D eigenvalue weighted by Crippen LogP contribution is 2.11. The Morgan fingerprint density at radius 1 is 1.00 bits per heavy atom. The average Bonchev–Trinajstić information content (AvgIpc) is 2.73. The van der Waals surface area contributed by atoms with Gasteiger partial charge in [0, 0.05) is 31.7 Å². The topological polar surface area (TPSA) is 89.0 Å². The summed E-state index contributed by atoms with van der Waals surface area (Å²) >= 11 is 0. The van der Waals surface area contributed by atoms with Gasteiger partial charge in [-0.2, -0.15) is 0 Å². The van der Waals surface area contributed by atoms with Gasteiger partial charge in [-0.15, -0.1) is 0 Å². The van der Waals surface area contributed by atoms with Gasteiger partial charge in [-0.25, -0.2) is 9.97 Å². The fourth-order valence-corrected chi connectivity index (χ4v) is 2.45. The van der Waals surface area contributed by atoms with E-state index in [1.54, 1.807) is 31.8 Å². The van der Waals surface area contributed by atoms with E-state index < -0.39 is 0 Å². The molecule has 0 aliphatic heterocycles. The van der Waals surface area contributed by atoms with E-state index in [9.17, 15) is 4.79 Å². The van der Waals surface area contributed by atoms with Gasteiger partial charge in [-0.3, -0.25) is 9.78 Å². The first-order valence-corrected chi connectivity index (χ1v) is 8.61. The number of methoxy groups -OCH3 is 1. The fourth-order valence-electron chi connectivity index (χ4n) is 2.45. The molecule has 3 aromatic rings. The van der Waals surface area contributed by atoms with Gasteiger partial charge < -0.3 is 15.4 Å². The van der Waals surface area contributed by atoms with E-state index in [1.807, 2.05) is 36.4 Å². The second kappa shape index (κ2) is 9.28. The molecule has 1 aromatic carbocycles. The number of anilines is 1. The maximum absolute atomic E-state index is 12.3. The quantitative estimate of drug-likeness (QED) is 0.639. The summed E-state index contributed by atoms with van der Waals surface area (Å²) in [6.07, 6.45) is 5.77. The summed E-state index contributed by atoms with van der Waals surface area (Å²) in [5.41, 5.74) is 2.48. The Kier molecular flexibility index (Phi) is 6.30. The van der Waals surface area contributed by atoms with Gasteiger partial charge in [0.1, 0.15) is 11.4 Å². The van der Waals surface area contributed by atoms with Crippen LogP contribution in [0.5, 0.6) is 5.75 Å². The first-order valence-electron chi connectivity index (χ1n) is 8.61. The second-order valence-electron chi connectivity index (χ2n) is 5.83. The highest BCUT2D eigenvalue weighted by atomic mass is 16.5. The van der Waals surface area contributed by atoms with Crippen molar-refractivity contribution in [1.82, 2.24) is 20.3 Å². The molecule has 0 aliphatic rings. The van der Waals surface area contributed by atoms with E-state index >= 15 is 0 Å². The number of amides is 1. The van der Waals surface area contributed by atoms with E-state index in [-0.39, 0.29) is 5.91 Å². The van der Waals surface area contributed by atoms with Crippen molar-refractivity contribution in [3.63, 3.8) is 0 Å². The molecule has 0 unspecified atom stereocenters. The minimum Gasteiger partial charge on any atom is -0.497 e. The van der Waals surface area contributed by atoms with Crippen LogP contribution in [0.2, 0.25) is 0 Å². The molecule has 3 rings (SSSR count). The summed E-state index contributed by atoms with van der Waals surface area (Å²) in [7, 11) is 1.65. The number of hydrogen-bond donors (Lipinski definition) is 2. The third-order valence-electron chi connectivity index (χ3n) is 3.95. The zero-order valence-corrected chi connectivity index (χ0v) is 15.1. The average molecular weight is 363 g/mol. The Morgan fingerprint density at radius 3 is 2.52 bits per heavy atom. The summed E-state index contributed by atoms with van der Waals surface area (Å²) in [6.45, 7) is 1.08. The minimum atomic E-state index is -0.243. The molecule has 0 saturated heterocycles. The molecule has 0 fully saturated rings. The molecule has 0 aliphatic carbocycles. The Bertz CT molecular complexity index is 869. The SMILES string of the molecule is COc1ccc(CCNc2nccc(C(=O)NCc3ccncc3)n2)cc1. The third kappa shape index (κ3) is 5.50. The number of nitrogens with zero attached hydrogens (tertiary/aromatic N) is 3. The van der Waals surface area contributed by atoms with E-state index in [1.165, 1.54) is 5.56 Å². The monoisotopic (exact) mass is 363 g/mol. The van der Waals surface area contributed by atoms with Crippen LogP contribution in [0.15, 0.2) is 61.1 Å². The maximum Gasteiger partial charge on any atom is 0.270 e. The Morgan fingerprint density at radius 2 is 1.78 bits per heavy atom. The van der Waals surface area contributed by atoms with E-state index in [0.29, 0.717) is 24.7 Å². The molecule has 2 heterocycles. The molecule has 2 aromatic heterocycles. The lowest BCUT2D eigenvalue weighted by atomic mass is 10.1. The lowest BCUT2D eigenvalue weighted by Gasteiger charge is -2.08. The van der Waals surface area contributed by atoms with Crippen molar-refractivity contribution >= 4 is 11.9 Å². The summed E-state index contributed by atoms with van der Waals surface area (Å²) in [4.78, 5) is 24.7. The summed E-state index contributed by atoms with van der Waals surface area (Å²) in [5.74, 6) is 1.02. The maximum atomic E-state index is 12.3. The molecule has 27 heavy (non-hydrogen) atoms. The normalized spacial score (nSPS) is 10.3. The van der Waals surface area contributed by atoms with Crippen LogP contribution < -0.4 is 15.4 Å². The molecule has 7 nitrogen and oxygen atoms in total. The smallest absolute Gasteiger partial charge is 0.270 e. The number of nitrogens with one attached hydrogen (secondary N) is 2. The van der Waals surface area contributed by atoms with Gasteiger partial charge in [0.25, 0.3) is 5.91 Å². The molecule has 0 spiro atoms. The Labute approximate surface area is 157 Å². The number of carbonyl (C=O) groups is 1.